The van der Waals surface area contributed by atoms with E-state index >= 15 is 0 Å². The fourth-order valence-corrected chi connectivity index (χ4v) is 2.19. The minimum atomic E-state index is 0. The van der Waals surface area contributed by atoms with Gasteiger partial charge in [-0.2, -0.15) is 0 Å². The molecule has 2 unspecified atom stereocenters. The number of hydrogen-bond acceptors (Lipinski definition) is 1. The van der Waals surface area contributed by atoms with Crippen molar-refractivity contribution in [2.75, 3.05) is 0 Å². The molecule has 17 heavy (non-hydrogen) atoms. The van der Waals surface area contributed by atoms with Gasteiger partial charge in [-0.15, -0.1) is 35.9 Å². The standard InChI is InChI=1S/C15H12N.Ir/c1-2-7-13(8-3-1)15-14-9-5-4-6-12(14)10-11-16-15;/h1-7,9-12,14H;/q-1;. The molecule has 1 aliphatic carbocycles. The van der Waals surface area contributed by atoms with E-state index in [-0.39, 0.29) is 20.1 Å². The van der Waals surface area contributed by atoms with Gasteiger partial charge in [0, 0.05) is 32.2 Å². The Hall–Kier alpha value is -1.24. The molecule has 1 heterocycles. The Balaban J connectivity index is 0.00000108. The second kappa shape index (κ2) is 5.39. The van der Waals surface area contributed by atoms with E-state index in [9.17, 15) is 0 Å². The van der Waals surface area contributed by atoms with Crippen LogP contribution in [0.5, 0.6) is 0 Å². The average Bonchev–Trinajstić information content (AvgIpc) is 2.39. The number of aliphatic imine (C=N–C) groups is 1. The van der Waals surface area contributed by atoms with Gasteiger partial charge in [-0.25, -0.2) is 0 Å². The van der Waals surface area contributed by atoms with Gasteiger partial charge in [0.2, 0.25) is 0 Å². The molecule has 87 valence electrons. The summed E-state index contributed by atoms with van der Waals surface area (Å²) in [6, 6.07) is 11.3. The quantitative estimate of drug-likeness (QED) is 0.645. The normalized spacial score (nSPS) is 24.8. The molecule has 0 saturated carbocycles. The molecule has 0 fully saturated rings. The molecule has 1 aromatic carbocycles. The second-order valence-electron chi connectivity index (χ2n) is 4.01. The van der Waals surface area contributed by atoms with Gasteiger partial charge >= 0.3 is 0 Å². The molecule has 0 spiro atoms. The molecule has 0 N–H and O–H groups in total. The van der Waals surface area contributed by atoms with Gasteiger partial charge < -0.3 is 4.99 Å². The number of benzene rings is 1. The third-order valence-corrected chi connectivity index (χ3v) is 3.00. The smallest absolute Gasteiger partial charge is 0.0123 e. The van der Waals surface area contributed by atoms with Gasteiger partial charge in [0.1, 0.15) is 0 Å². The zero-order chi connectivity index (χ0) is 10.8. The summed E-state index contributed by atoms with van der Waals surface area (Å²) in [4.78, 5) is 4.50. The minimum absolute atomic E-state index is 0. The first-order valence-electron chi connectivity index (χ1n) is 5.51. The first-order chi connectivity index (χ1) is 7.95. The molecule has 2 aliphatic rings. The fraction of sp³-hybridized carbons (Fsp3) is 0.133. The molecular formula is C15H12IrN-. The fourth-order valence-electron chi connectivity index (χ4n) is 2.19. The van der Waals surface area contributed by atoms with Crippen LogP contribution >= 0.6 is 0 Å². The maximum atomic E-state index is 4.50. The maximum Gasteiger partial charge on any atom is 0.0123 e. The van der Waals surface area contributed by atoms with Crippen LogP contribution in [0.1, 0.15) is 5.56 Å². The van der Waals surface area contributed by atoms with Gasteiger partial charge in [0.25, 0.3) is 0 Å². The molecule has 0 aromatic heterocycles. The maximum absolute atomic E-state index is 4.50. The summed E-state index contributed by atoms with van der Waals surface area (Å²) < 4.78 is 0. The van der Waals surface area contributed by atoms with E-state index in [2.05, 4.69) is 47.5 Å². The van der Waals surface area contributed by atoms with Gasteiger partial charge in [0.15, 0.2) is 0 Å². The first-order valence-corrected chi connectivity index (χ1v) is 5.51. The number of rotatable bonds is 1. The van der Waals surface area contributed by atoms with Crippen molar-refractivity contribution in [3.05, 3.63) is 72.5 Å². The van der Waals surface area contributed by atoms with Crippen molar-refractivity contribution in [3.63, 3.8) is 0 Å². The Labute approximate surface area is 115 Å². The molecule has 1 nitrogen and oxygen atoms in total. The number of allylic oxidation sites excluding steroid dienone is 5. The summed E-state index contributed by atoms with van der Waals surface area (Å²) in [7, 11) is 0. The molecule has 2 heteroatoms. The molecule has 2 atom stereocenters. The SMILES string of the molecule is [Ir].[c-]1ccccc1C1=NC=CC2C=CC=CC12. The third kappa shape index (κ3) is 2.38. The van der Waals surface area contributed by atoms with Crippen molar-refractivity contribution in [1.82, 2.24) is 0 Å². The van der Waals surface area contributed by atoms with E-state index in [4.69, 9.17) is 0 Å². The van der Waals surface area contributed by atoms with Crippen LogP contribution in [-0.4, -0.2) is 5.71 Å². The Morgan fingerprint density at radius 2 is 1.94 bits per heavy atom. The van der Waals surface area contributed by atoms with Crippen LogP contribution in [0, 0.1) is 17.9 Å². The van der Waals surface area contributed by atoms with Crippen LogP contribution < -0.4 is 0 Å². The molecule has 1 radical (unpaired) electrons. The first kappa shape index (κ1) is 12.2. The summed E-state index contributed by atoms with van der Waals surface area (Å²) in [5.41, 5.74) is 2.22. The van der Waals surface area contributed by atoms with Crippen LogP contribution in [0.15, 0.2) is 65.8 Å². The monoisotopic (exact) mass is 399 g/mol. The Bertz CT molecular complexity index is 497. The van der Waals surface area contributed by atoms with E-state index < -0.39 is 0 Å². The van der Waals surface area contributed by atoms with Crippen molar-refractivity contribution < 1.29 is 20.1 Å². The van der Waals surface area contributed by atoms with Crippen LogP contribution in [0.2, 0.25) is 0 Å². The van der Waals surface area contributed by atoms with Crippen molar-refractivity contribution >= 4 is 5.71 Å². The van der Waals surface area contributed by atoms with E-state index in [0.717, 1.165) is 11.3 Å². The third-order valence-electron chi connectivity index (χ3n) is 3.00. The largest absolute Gasteiger partial charge is 0.309 e. The van der Waals surface area contributed by atoms with Gasteiger partial charge in [-0.3, -0.25) is 0 Å². The molecule has 0 amide bonds. The molecule has 0 bridgehead atoms. The topological polar surface area (TPSA) is 12.4 Å². The predicted molar refractivity (Wildman–Crippen MR) is 66.2 cm³/mol. The Morgan fingerprint density at radius 1 is 1.06 bits per heavy atom. The van der Waals surface area contributed by atoms with Crippen molar-refractivity contribution in [3.8, 4) is 0 Å². The minimum Gasteiger partial charge on any atom is -0.309 e. The van der Waals surface area contributed by atoms with Crippen LogP contribution in [0.25, 0.3) is 0 Å². The van der Waals surface area contributed by atoms with E-state index in [1.54, 1.807) is 0 Å². The summed E-state index contributed by atoms with van der Waals surface area (Å²) in [6.45, 7) is 0. The van der Waals surface area contributed by atoms with Crippen molar-refractivity contribution in [1.29, 1.82) is 0 Å². The summed E-state index contributed by atoms with van der Waals surface area (Å²) in [5.74, 6) is 0.819. The molecule has 3 rings (SSSR count). The number of hydrogen-bond donors (Lipinski definition) is 0. The van der Waals surface area contributed by atoms with Crippen molar-refractivity contribution in [2.45, 2.75) is 0 Å². The van der Waals surface area contributed by atoms with Crippen LogP contribution in [0.3, 0.4) is 0 Å². The zero-order valence-electron chi connectivity index (χ0n) is 9.21. The van der Waals surface area contributed by atoms with Crippen LogP contribution in [-0.2, 0) is 20.1 Å². The molecule has 1 aromatic rings. The van der Waals surface area contributed by atoms with Gasteiger partial charge in [-0.1, -0.05) is 30.4 Å². The molecular weight excluding hydrogens is 386 g/mol. The van der Waals surface area contributed by atoms with E-state index in [0.29, 0.717) is 11.8 Å². The summed E-state index contributed by atoms with van der Waals surface area (Å²) in [5, 5.41) is 0. The number of fused-ring (bicyclic) bond motifs is 1. The van der Waals surface area contributed by atoms with Crippen molar-refractivity contribution in [2.24, 2.45) is 16.8 Å². The summed E-state index contributed by atoms with van der Waals surface area (Å²) in [6.07, 6.45) is 12.7. The Morgan fingerprint density at radius 3 is 2.76 bits per heavy atom. The second-order valence-corrected chi connectivity index (χ2v) is 4.01. The van der Waals surface area contributed by atoms with E-state index in [1.807, 2.05) is 24.4 Å². The number of nitrogens with zero attached hydrogens (tertiary/aromatic N) is 1. The average molecular weight is 398 g/mol. The van der Waals surface area contributed by atoms with Crippen LogP contribution in [0.4, 0.5) is 0 Å². The molecule has 0 saturated heterocycles. The Kier molecular flexibility index (Phi) is 3.88. The van der Waals surface area contributed by atoms with Gasteiger partial charge in [-0.05, 0) is 11.6 Å². The van der Waals surface area contributed by atoms with Gasteiger partial charge in [0.05, 0.1) is 0 Å². The predicted octanol–water partition coefficient (Wildman–Crippen LogP) is 3.16. The molecule has 1 aliphatic heterocycles. The zero-order valence-corrected chi connectivity index (χ0v) is 11.6. The van der Waals surface area contributed by atoms with E-state index in [1.165, 1.54) is 0 Å². The summed E-state index contributed by atoms with van der Waals surface area (Å²) >= 11 is 0.